The molecule has 0 fully saturated rings. The number of esters is 1. The molecular formula is C23H26N2O6. The number of aromatic amines is 2. The van der Waals surface area contributed by atoms with Gasteiger partial charge in [-0.2, -0.15) is 0 Å². The average molecular weight is 426 g/mol. The Bertz CT molecular complexity index is 1060. The Morgan fingerprint density at radius 1 is 0.935 bits per heavy atom. The standard InChI is InChI=1S/C23H26N2O6/c1-28-18-11-15(12-19(29-2)22(18)31-4)16(13-20(26)30-3)21-17(24-25-23(21)27)10-14-8-6-5-7-9-14/h5-9,11-12,16H,10,13H2,1-4H3,(H2,24,25,27)/t16-/m0/s1. The first kappa shape index (κ1) is 22.0. The molecule has 31 heavy (non-hydrogen) atoms. The number of H-pyrrole nitrogens is 2. The molecule has 0 unspecified atom stereocenters. The Kier molecular flexibility index (Phi) is 7.02. The molecule has 0 saturated heterocycles. The molecule has 8 nitrogen and oxygen atoms in total. The van der Waals surface area contributed by atoms with Gasteiger partial charge in [-0.15, -0.1) is 0 Å². The first-order valence-corrected chi connectivity index (χ1v) is 9.72. The molecule has 1 aromatic heterocycles. The zero-order valence-corrected chi connectivity index (χ0v) is 18.0. The molecule has 0 aliphatic rings. The summed E-state index contributed by atoms with van der Waals surface area (Å²) in [7, 11) is 5.86. The highest BCUT2D eigenvalue weighted by atomic mass is 16.5. The van der Waals surface area contributed by atoms with Gasteiger partial charge in [0.25, 0.3) is 5.56 Å². The van der Waals surface area contributed by atoms with Crippen LogP contribution in [0.2, 0.25) is 0 Å². The molecule has 2 N–H and O–H groups in total. The van der Waals surface area contributed by atoms with Crippen molar-refractivity contribution in [3.05, 3.63) is 75.2 Å². The molecule has 0 aliphatic heterocycles. The lowest BCUT2D eigenvalue weighted by atomic mass is 9.87. The lowest BCUT2D eigenvalue weighted by Crippen LogP contribution is -2.18. The number of carbonyl (C=O) groups excluding carboxylic acids is 1. The number of methoxy groups -OCH3 is 4. The maximum absolute atomic E-state index is 12.8. The maximum Gasteiger partial charge on any atom is 0.306 e. The van der Waals surface area contributed by atoms with Crippen molar-refractivity contribution in [1.82, 2.24) is 10.2 Å². The second-order valence-corrected chi connectivity index (χ2v) is 6.93. The van der Waals surface area contributed by atoms with E-state index in [1.54, 1.807) is 12.1 Å². The average Bonchev–Trinajstić information content (AvgIpc) is 3.16. The van der Waals surface area contributed by atoms with Crippen LogP contribution in [0.1, 0.15) is 34.7 Å². The Morgan fingerprint density at radius 2 is 1.58 bits per heavy atom. The van der Waals surface area contributed by atoms with E-state index in [1.807, 2.05) is 30.3 Å². The minimum Gasteiger partial charge on any atom is -0.493 e. The third-order valence-corrected chi connectivity index (χ3v) is 5.16. The summed E-state index contributed by atoms with van der Waals surface area (Å²) in [5, 5.41) is 5.63. The Hall–Kier alpha value is -3.68. The van der Waals surface area contributed by atoms with Crippen LogP contribution in [0.15, 0.2) is 47.3 Å². The summed E-state index contributed by atoms with van der Waals surface area (Å²) in [6.45, 7) is 0. The third-order valence-electron chi connectivity index (χ3n) is 5.16. The Labute approximate surface area is 180 Å². The highest BCUT2D eigenvalue weighted by Gasteiger charge is 2.28. The van der Waals surface area contributed by atoms with E-state index >= 15 is 0 Å². The number of nitrogens with one attached hydrogen (secondary N) is 2. The second kappa shape index (κ2) is 9.88. The van der Waals surface area contributed by atoms with Gasteiger partial charge in [-0.1, -0.05) is 30.3 Å². The largest absolute Gasteiger partial charge is 0.493 e. The van der Waals surface area contributed by atoms with Crippen molar-refractivity contribution in [3.8, 4) is 17.2 Å². The number of hydrogen-bond acceptors (Lipinski definition) is 6. The molecule has 8 heteroatoms. The van der Waals surface area contributed by atoms with Gasteiger partial charge in [0.2, 0.25) is 5.75 Å². The predicted octanol–water partition coefficient (Wildman–Crippen LogP) is 3.01. The second-order valence-electron chi connectivity index (χ2n) is 6.93. The molecule has 0 amide bonds. The fourth-order valence-corrected chi connectivity index (χ4v) is 3.65. The Morgan fingerprint density at radius 3 is 2.13 bits per heavy atom. The van der Waals surface area contributed by atoms with Crippen LogP contribution in [-0.2, 0) is 16.0 Å². The van der Waals surface area contributed by atoms with Crippen LogP contribution in [0.5, 0.6) is 17.2 Å². The van der Waals surface area contributed by atoms with Crippen molar-refractivity contribution in [2.24, 2.45) is 0 Å². The number of benzene rings is 2. The van der Waals surface area contributed by atoms with Crippen LogP contribution < -0.4 is 19.8 Å². The third kappa shape index (κ3) is 4.74. The molecule has 0 spiro atoms. The summed E-state index contributed by atoms with van der Waals surface area (Å²) in [6.07, 6.45) is 0.467. The van der Waals surface area contributed by atoms with Gasteiger partial charge in [0.1, 0.15) is 0 Å². The monoisotopic (exact) mass is 426 g/mol. The van der Waals surface area contributed by atoms with E-state index in [0.717, 1.165) is 5.56 Å². The van der Waals surface area contributed by atoms with Crippen molar-refractivity contribution >= 4 is 5.97 Å². The van der Waals surface area contributed by atoms with Crippen LogP contribution in [0.3, 0.4) is 0 Å². The topological polar surface area (TPSA) is 103 Å². The van der Waals surface area contributed by atoms with E-state index < -0.39 is 11.9 Å². The lowest BCUT2D eigenvalue weighted by Gasteiger charge is -2.20. The van der Waals surface area contributed by atoms with E-state index in [1.165, 1.54) is 28.4 Å². The minimum atomic E-state index is -0.588. The molecule has 0 aliphatic carbocycles. The quantitative estimate of drug-likeness (QED) is 0.510. The summed E-state index contributed by atoms with van der Waals surface area (Å²) in [5.74, 6) is 0.268. The van der Waals surface area contributed by atoms with E-state index in [0.29, 0.717) is 40.5 Å². The molecule has 0 saturated carbocycles. The maximum atomic E-state index is 12.8. The smallest absolute Gasteiger partial charge is 0.306 e. The van der Waals surface area contributed by atoms with Crippen molar-refractivity contribution in [3.63, 3.8) is 0 Å². The lowest BCUT2D eigenvalue weighted by molar-refractivity contribution is -0.140. The minimum absolute atomic E-state index is 0.0299. The summed E-state index contributed by atoms with van der Waals surface area (Å²) in [4.78, 5) is 25.1. The van der Waals surface area contributed by atoms with Gasteiger partial charge in [0.15, 0.2) is 11.5 Å². The number of ether oxygens (including phenoxy) is 4. The van der Waals surface area contributed by atoms with E-state index in [4.69, 9.17) is 18.9 Å². The summed E-state index contributed by atoms with van der Waals surface area (Å²) >= 11 is 0. The van der Waals surface area contributed by atoms with Gasteiger partial charge >= 0.3 is 5.97 Å². The molecule has 0 bridgehead atoms. The summed E-state index contributed by atoms with van der Waals surface area (Å²) in [5.41, 5.74) is 2.55. The van der Waals surface area contributed by atoms with Gasteiger partial charge in [0.05, 0.1) is 34.9 Å². The number of aromatic nitrogens is 2. The van der Waals surface area contributed by atoms with Crippen LogP contribution >= 0.6 is 0 Å². The van der Waals surface area contributed by atoms with Gasteiger partial charge < -0.3 is 24.0 Å². The first-order chi connectivity index (χ1) is 15.0. The predicted molar refractivity (Wildman–Crippen MR) is 115 cm³/mol. The summed E-state index contributed by atoms with van der Waals surface area (Å²) < 4.78 is 21.2. The highest BCUT2D eigenvalue weighted by Crippen LogP contribution is 2.42. The molecule has 0 radical (unpaired) electrons. The van der Waals surface area contributed by atoms with Crippen LogP contribution in [0.25, 0.3) is 0 Å². The molecule has 164 valence electrons. The normalized spacial score (nSPS) is 11.6. The van der Waals surface area contributed by atoms with Crippen molar-refractivity contribution in [2.75, 3.05) is 28.4 Å². The van der Waals surface area contributed by atoms with Crippen molar-refractivity contribution in [1.29, 1.82) is 0 Å². The van der Waals surface area contributed by atoms with Crippen LogP contribution in [-0.4, -0.2) is 44.6 Å². The van der Waals surface area contributed by atoms with E-state index in [9.17, 15) is 9.59 Å². The zero-order chi connectivity index (χ0) is 22.4. The highest BCUT2D eigenvalue weighted by molar-refractivity contribution is 5.72. The first-order valence-electron chi connectivity index (χ1n) is 9.72. The van der Waals surface area contributed by atoms with E-state index in [2.05, 4.69) is 10.2 Å². The van der Waals surface area contributed by atoms with Gasteiger partial charge in [-0.3, -0.25) is 14.7 Å². The molecule has 1 heterocycles. The van der Waals surface area contributed by atoms with Gasteiger partial charge in [-0.05, 0) is 23.3 Å². The van der Waals surface area contributed by atoms with Gasteiger partial charge in [0, 0.05) is 23.6 Å². The molecular weight excluding hydrogens is 400 g/mol. The fraction of sp³-hybridized carbons (Fsp3) is 0.304. The fourth-order valence-electron chi connectivity index (χ4n) is 3.65. The van der Waals surface area contributed by atoms with Crippen LogP contribution in [0, 0.1) is 0 Å². The summed E-state index contributed by atoms with van der Waals surface area (Å²) in [6, 6.07) is 13.2. The molecule has 2 aromatic carbocycles. The Balaban J connectivity index is 2.15. The molecule has 1 atom stereocenters. The van der Waals surface area contributed by atoms with Gasteiger partial charge in [-0.25, -0.2) is 0 Å². The zero-order valence-electron chi connectivity index (χ0n) is 18.0. The van der Waals surface area contributed by atoms with Crippen molar-refractivity contribution < 1.29 is 23.7 Å². The molecule has 3 rings (SSSR count). The van der Waals surface area contributed by atoms with Crippen LogP contribution in [0.4, 0.5) is 0 Å². The number of carbonyl (C=O) groups is 1. The van der Waals surface area contributed by atoms with Crippen molar-refractivity contribution in [2.45, 2.75) is 18.8 Å². The van der Waals surface area contributed by atoms with E-state index in [-0.39, 0.29) is 12.0 Å². The number of rotatable bonds is 9. The molecule has 3 aromatic rings. The number of hydrogen-bond donors (Lipinski definition) is 2. The SMILES string of the molecule is COC(=O)C[C@@H](c1cc(OC)c(OC)c(OC)c1)c1c(Cc2ccccc2)[nH][nH]c1=O.